The van der Waals surface area contributed by atoms with Gasteiger partial charge >= 0.3 is 0 Å². The Morgan fingerprint density at radius 2 is 2.06 bits per heavy atom. The Balaban J connectivity index is 1.92. The molecule has 0 aromatic carbocycles. The number of hydrogen-bond donors (Lipinski definition) is 1. The van der Waals surface area contributed by atoms with Gasteiger partial charge in [0.1, 0.15) is 0 Å². The molecule has 0 radical (unpaired) electrons. The quantitative estimate of drug-likeness (QED) is 0.811. The molecular weight excluding hydrogens is 226 g/mol. The molecule has 2 saturated heterocycles. The standard InChI is InChI=1S/C14H29N3O/c1-11(2)16-6-4-12(10-16)17-7-5-14(18-3)8-13(17)9-15/h11-14H,4-10,15H2,1-3H3. The monoisotopic (exact) mass is 255 g/mol. The highest BCUT2D eigenvalue weighted by Crippen LogP contribution is 2.26. The van der Waals surface area contributed by atoms with Crippen molar-refractivity contribution in [3.8, 4) is 0 Å². The van der Waals surface area contributed by atoms with Gasteiger partial charge in [-0.25, -0.2) is 0 Å². The van der Waals surface area contributed by atoms with Gasteiger partial charge in [0.2, 0.25) is 0 Å². The van der Waals surface area contributed by atoms with Crippen molar-refractivity contribution in [3.63, 3.8) is 0 Å². The van der Waals surface area contributed by atoms with Crippen molar-refractivity contribution in [2.75, 3.05) is 33.3 Å². The summed E-state index contributed by atoms with van der Waals surface area (Å²) in [5.41, 5.74) is 5.96. The molecule has 0 aromatic heterocycles. The van der Waals surface area contributed by atoms with E-state index in [0.29, 0.717) is 24.2 Å². The Labute approximate surface area is 111 Å². The minimum Gasteiger partial charge on any atom is -0.381 e. The third-order valence-corrected chi connectivity index (χ3v) is 4.71. The molecule has 3 unspecified atom stereocenters. The van der Waals surface area contributed by atoms with E-state index in [-0.39, 0.29) is 0 Å². The third-order valence-electron chi connectivity index (χ3n) is 4.71. The molecule has 2 rings (SSSR count). The molecule has 2 heterocycles. The first-order valence-corrected chi connectivity index (χ1v) is 7.38. The van der Waals surface area contributed by atoms with Crippen molar-refractivity contribution in [2.24, 2.45) is 5.73 Å². The number of piperidine rings is 1. The van der Waals surface area contributed by atoms with E-state index >= 15 is 0 Å². The molecule has 0 aliphatic carbocycles. The van der Waals surface area contributed by atoms with Gasteiger partial charge in [0.05, 0.1) is 6.10 Å². The van der Waals surface area contributed by atoms with Crippen molar-refractivity contribution in [1.29, 1.82) is 0 Å². The van der Waals surface area contributed by atoms with Gasteiger partial charge < -0.3 is 10.5 Å². The second-order valence-corrected chi connectivity index (χ2v) is 6.04. The van der Waals surface area contributed by atoms with Gasteiger partial charge in [0, 0.05) is 51.4 Å². The maximum absolute atomic E-state index is 5.96. The summed E-state index contributed by atoms with van der Waals surface area (Å²) in [6.07, 6.45) is 3.97. The summed E-state index contributed by atoms with van der Waals surface area (Å²) in [5, 5.41) is 0. The van der Waals surface area contributed by atoms with E-state index < -0.39 is 0 Å². The van der Waals surface area contributed by atoms with Crippen LogP contribution in [0.4, 0.5) is 0 Å². The average molecular weight is 255 g/mol. The summed E-state index contributed by atoms with van der Waals surface area (Å²) < 4.78 is 5.50. The summed E-state index contributed by atoms with van der Waals surface area (Å²) in [6.45, 7) is 8.95. The number of hydrogen-bond acceptors (Lipinski definition) is 4. The smallest absolute Gasteiger partial charge is 0.0599 e. The molecule has 18 heavy (non-hydrogen) atoms. The predicted octanol–water partition coefficient (Wildman–Crippen LogP) is 0.907. The fraction of sp³-hybridized carbons (Fsp3) is 1.00. The fourth-order valence-corrected chi connectivity index (χ4v) is 3.47. The highest BCUT2D eigenvalue weighted by atomic mass is 16.5. The first kappa shape index (κ1) is 14.3. The summed E-state index contributed by atoms with van der Waals surface area (Å²) in [7, 11) is 1.82. The zero-order valence-electron chi connectivity index (χ0n) is 12.1. The lowest BCUT2D eigenvalue weighted by atomic mass is 9.97. The van der Waals surface area contributed by atoms with E-state index in [4.69, 9.17) is 10.5 Å². The van der Waals surface area contributed by atoms with Gasteiger partial charge in [-0.15, -0.1) is 0 Å². The summed E-state index contributed by atoms with van der Waals surface area (Å²) in [6, 6.07) is 1.89. The minimum absolute atomic E-state index is 0.414. The lowest BCUT2D eigenvalue weighted by molar-refractivity contribution is -0.00295. The maximum atomic E-state index is 5.96. The largest absolute Gasteiger partial charge is 0.381 e. The second kappa shape index (κ2) is 6.33. The highest BCUT2D eigenvalue weighted by molar-refractivity contribution is 4.92. The summed E-state index contributed by atoms with van der Waals surface area (Å²) in [5.74, 6) is 0. The molecule has 2 N–H and O–H groups in total. The van der Waals surface area contributed by atoms with Crippen LogP contribution in [0.1, 0.15) is 33.1 Å². The summed E-state index contributed by atoms with van der Waals surface area (Å²) >= 11 is 0. The van der Waals surface area contributed by atoms with Gasteiger partial charge in [0.25, 0.3) is 0 Å². The predicted molar refractivity (Wildman–Crippen MR) is 74.7 cm³/mol. The Kier molecular flexibility index (Phi) is 5.01. The van der Waals surface area contributed by atoms with Crippen LogP contribution in [0.5, 0.6) is 0 Å². The van der Waals surface area contributed by atoms with Crippen molar-refractivity contribution < 1.29 is 4.74 Å². The van der Waals surface area contributed by atoms with Crippen LogP contribution in [-0.4, -0.2) is 67.3 Å². The van der Waals surface area contributed by atoms with E-state index in [1.54, 1.807) is 0 Å². The topological polar surface area (TPSA) is 41.7 Å². The fourth-order valence-electron chi connectivity index (χ4n) is 3.47. The van der Waals surface area contributed by atoms with Crippen LogP contribution in [0.2, 0.25) is 0 Å². The Morgan fingerprint density at radius 3 is 2.61 bits per heavy atom. The molecular formula is C14H29N3O. The molecule has 2 fully saturated rings. The van der Waals surface area contributed by atoms with Crippen LogP contribution >= 0.6 is 0 Å². The molecule has 0 bridgehead atoms. The number of methoxy groups -OCH3 is 1. The van der Waals surface area contributed by atoms with Crippen molar-refractivity contribution in [1.82, 2.24) is 9.80 Å². The average Bonchev–Trinajstić information content (AvgIpc) is 2.87. The molecule has 106 valence electrons. The number of rotatable bonds is 4. The van der Waals surface area contributed by atoms with Crippen molar-refractivity contribution in [2.45, 2.75) is 57.3 Å². The zero-order chi connectivity index (χ0) is 13.1. The SMILES string of the molecule is COC1CCN(C2CCN(C(C)C)C2)C(CN)C1. The third kappa shape index (κ3) is 3.05. The van der Waals surface area contributed by atoms with Gasteiger partial charge in [-0.1, -0.05) is 0 Å². The molecule has 4 heteroatoms. The van der Waals surface area contributed by atoms with Crippen LogP contribution < -0.4 is 5.73 Å². The van der Waals surface area contributed by atoms with Crippen molar-refractivity contribution in [3.05, 3.63) is 0 Å². The van der Waals surface area contributed by atoms with Crippen molar-refractivity contribution >= 4 is 0 Å². The van der Waals surface area contributed by atoms with E-state index in [9.17, 15) is 0 Å². The number of ether oxygens (including phenoxy) is 1. The second-order valence-electron chi connectivity index (χ2n) is 6.04. The first-order chi connectivity index (χ1) is 8.65. The van der Waals surface area contributed by atoms with Gasteiger partial charge in [-0.2, -0.15) is 0 Å². The van der Waals surface area contributed by atoms with Crippen LogP contribution in [0.3, 0.4) is 0 Å². The maximum Gasteiger partial charge on any atom is 0.0599 e. The molecule has 0 aromatic rings. The first-order valence-electron chi connectivity index (χ1n) is 7.38. The van der Waals surface area contributed by atoms with Crippen LogP contribution in [-0.2, 0) is 4.74 Å². The van der Waals surface area contributed by atoms with Crippen LogP contribution in [0.25, 0.3) is 0 Å². The zero-order valence-corrected chi connectivity index (χ0v) is 12.1. The van der Waals surface area contributed by atoms with Gasteiger partial charge in [-0.3, -0.25) is 9.80 Å². The molecule has 4 nitrogen and oxygen atoms in total. The van der Waals surface area contributed by atoms with E-state index in [2.05, 4.69) is 23.6 Å². The van der Waals surface area contributed by atoms with Gasteiger partial charge in [-0.05, 0) is 33.1 Å². The molecule has 0 amide bonds. The molecule has 0 spiro atoms. The Hall–Kier alpha value is -0.160. The number of nitrogens with two attached hydrogens (primary N) is 1. The van der Waals surface area contributed by atoms with Crippen LogP contribution in [0, 0.1) is 0 Å². The molecule has 2 aliphatic heterocycles. The number of likely N-dealkylation sites (tertiary alicyclic amines) is 2. The highest BCUT2D eigenvalue weighted by Gasteiger charge is 2.36. The Bertz CT molecular complexity index is 259. The van der Waals surface area contributed by atoms with E-state index in [1.807, 2.05) is 7.11 Å². The Morgan fingerprint density at radius 1 is 1.28 bits per heavy atom. The lowest BCUT2D eigenvalue weighted by Crippen LogP contribution is -2.53. The lowest BCUT2D eigenvalue weighted by Gasteiger charge is -2.42. The number of nitrogens with zero attached hydrogens (tertiary/aromatic N) is 2. The molecule has 0 saturated carbocycles. The summed E-state index contributed by atoms with van der Waals surface area (Å²) in [4.78, 5) is 5.23. The van der Waals surface area contributed by atoms with Gasteiger partial charge in [0.15, 0.2) is 0 Å². The van der Waals surface area contributed by atoms with E-state index in [0.717, 1.165) is 25.9 Å². The molecule has 3 atom stereocenters. The normalized spacial score (nSPS) is 35.5. The van der Waals surface area contributed by atoms with E-state index in [1.165, 1.54) is 19.5 Å². The minimum atomic E-state index is 0.414. The van der Waals surface area contributed by atoms with Crippen LogP contribution in [0.15, 0.2) is 0 Å². The molecule has 2 aliphatic rings.